The van der Waals surface area contributed by atoms with Gasteiger partial charge in [0.1, 0.15) is 11.6 Å². The maximum absolute atomic E-state index is 6.13. The summed E-state index contributed by atoms with van der Waals surface area (Å²) >= 11 is 6.13. The van der Waals surface area contributed by atoms with Gasteiger partial charge in [-0.05, 0) is 93.5 Å². The summed E-state index contributed by atoms with van der Waals surface area (Å²) in [7, 11) is 0. The van der Waals surface area contributed by atoms with Crippen LogP contribution in [-0.4, -0.2) is 63.5 Å². The molecule has 0 aliphatic heterocycles. The number of hydrogen-bond donors (Lipinski definition) is 1. The molecule has 15 aromatic carbocycles. The van der Waals surface area contributed by atoms with E-state index in [2.05, 4.69) is 313 Å². The highest BCUT2D eigenvalue weighted by atomic mass is 35.5. The molecule has 0 saturated heterocycles. The zero-order valence-corrected chi connectivity index (χ0v) is 65.7. The summed E-state index contributed by atoms with van der Waals surface area (Å²) in [6.07, 6.45) is 6.06. The quantitative estimate of drug-likeness (QED) is 0.125. The number of nitrogens with one attached hydrogen (secondary N) is 1. The number of para-hydroxylation sites is 4. The van der Waals surface area contributed by atoms with Gasteiger partial charge in [0, 0.05) is 124 Å². The molecule has 14 heteroatoms. The normalized spacial score (nSPS) is 11.5. The number of rotatable bonds is 11. The van der Waals surface area contributed by atoms with Crippen LogP contribution in [0.1, 0.15) is 0 Å². The van der Waals surface area contributed by atoms with Gasteiger partial charge in [0.2, 0.25) is 11.2 Å². The number of aromatic nitrogens is 13. The minimum Gasteiger partial charge on any atom is -0.354 e. The molecule has 13 nitrogen and oxygen atoms in total. The molecule has 9 aromatic heterocycles. The number of nitrogens with zero attached hydrogens (tertiary/aromatic N) is 12. The number of pyridine rings is 1. The van der Waals surface area contributed by atoms with Gasteiger partial charge in [0.05, 0.1) is 67.1 Å². The second-order valence-electron chi connectivity index (χ2n) is 29.9. The van der Waals surface area contributed by atoms with E-state index in [0.717, 1.165) is 156 Å². The van der Waals surface area contributed by atoms with Gasteiger partial charge in [-0.15, -0.1) is 0 Å². The molecule has 0 saturated carbocycles. The van der Waals surface area contributed by atoms with E-state index in [1.54, 1.807) is 0 Å². The fourth-order valence-corrected chi connectivity index (χ4v) is 17.1. The zero-order valence-electron chi connectivity index (χ0n) is 64.9. The predicted octanol–water partition coefficient (Wildman–Crippen LogP) is 26.8. The van der Waals surface area contributed by atoms with Crippen molar-refractivity contribution in [2.24, 2.45) is 0 Å². The molecule has 0 atom stereocenters. The van der Waals surface area contributed by atoms with Crippen molar-refractivity contribution in [3.63, 3.8) is 0 Å². The molecule has 0 amide bonds. The second kappa shape index (κ2) is 30.4. The van der Waals surface area contributed by atoms with E-state index in [0.29, 0.717) is 17.6 Å². The Bertz CT molecular complexity index is 7960. The molecule has 568 valence electrons. The van der Waals surface area contributed by atoms with E-state index >= 15 is 0 Å². The van der Waals surface area contributed by atoms with E-state index in [1.165, 1.54) is 43.4 Å². The van der Waals surface area contributed by atoms with Crippen LogP contribution in [0, 0.1) is 0 Å². The summed E-state index contributed by atoms with van der Waals surface area (Å²) < 4.78 is 6.56. The molecule has 0 aliphatic rings. The Morgan fingerprint density at radius 2 is 0.727 bits per heavy atom. The summed E-state index contributed by atoms with van der Waals surface area (Å²) in [6, 6.07) is 134. The van der Waals surface area contributed by atoms with Gasteiger partial charge in [-0.25, -0.2) is 39.9 Å². The average molecular weight is 1570 g/mol. The van der Waals surface area contributed by atoms with Crippen LogP contribution in [0.15, 0.2) is 407 Å². The monoisotopic (exact) mass is 1570 g/mol. The van der Waals surface area contributed by atoms with Gasteiger partial charge in [-0.3, -0.25) is 9.55 Å². The third-order valence-electron chi connectivity index (χ3n) is 22.7. The highest BCUT2D eigenvalue weighted by Crippen LogP contribution is 2.42. The summed E-state index contributed by atoms with van der Waals surface area (Å²) in [5, 5.41) is 14.0. The Kier molecular flexibility index (Phi) is 17.9. The summed E-state index contributed by atoms with van der Waals surface area (Å²) in [5.74, 6) is 3.64. The number of hydrogen-bond acceptors (Lipinski definition) is 9. The molecule has 0 aliphatic carbocycles. The lowest BCUT2D eigenvalue weighted by Gasteiger charge is -2.13. The Morgan fingerprint density at radius 3 is 1.35 bits per heavy atom. The minimum absolute atomic E-state index is 0.253. The topological polar surface area (TPSA) is 147 Å². The summed E-state index contributed by atoms with van der Waals surface area (Å²) in [4.78, 5) is 47.8. The maximum atomic E-state index is 6.13. The van der Waals surface area contributed by atoms with Crippen LogP contribution in [-0.2, 0) is 0 Å². The lowest BCUT2D eigenvalue weighted by Crippen LogP contribution is -2.04. The van der Waals surface area contributed by atoms with Gasteiger partial charge >= 0.3 is 0 Å². The van der Waals surface area contributed by atoms with Gasteiger partial charge < -0.3 is 14.1 Å². The molecular formula is C107H68ClN13. The van der Waals surface area contributed by atoms with E-state index in [4.69, 9.17) is 41.5 Å². The molecule has 1 N–H and O–H groups in total. The molecule has 0 unspecified atom stereocenters. The highest BCUT2D eigenvalue weighted by Gasteiger charge is 2.23. The van der Waals surface area contributed by atoms with Crippen LogP contribution in [0.3, 0.4) is 0 Å². The van der Waals surface area contributed by atoms with E-state index in [1.807, 2.05) is 128 Å². The van der Waals surface area contributed by atoms with E-state index in [-0.39, 0.29) is 5.28 Å². The van der Waals surface area contributed by atoms with Gasteiger partial charge in [-0.1, -0.05) is 322 Å². The third-order valence-corrected chi connectivity index (χ3v) is 22.9. The average Bonchev–Trinajstić information content (AvgIpc) is 1.56. The van der Waals surface area contributed by atoms with Crippen LogP contribution < -0.4 is 0 Å². The van der Waals surface area contributed by atoms with Crippen molar-refractivity contribution in [2.75, 3.05) is 0 Å². The predicted molar refractivity (Wildman–Crippen MR) is 495 cm³/mol. The van der Waals surface area contributed by atoms with Gasteiger partial charge in [0.25, 0.3) is 0 Å². The minimum atomic E-state index is 0.253. The Hall–Kier alpha value is -16.2. The first-order valence-corrected chi connectivity index (χ1v) is 40.5. The molecular weight excluding hydrogens is 1500 g/mol. The third kappa shape index (κ3) is 13.2. The van der Waals surface area contributed by atoms with Crippen molar-refractivity contribution >= 4 is 120 Å². The van der Waals surface area contributed by atoms with Crippen molar-refractivity contribution in [2.45, 2.75) is 0 Å². The highest BCUT2D eigenvalue weighted by molar-refractivity contribution is 6.29. The van der Waals surface area contributed by atoms with Crippen LogP contribution >= 0.6 is 11.6 Å². The Morgan fingerprint density at radius 1 is 0.264 bits per heavy atom. The van der Waals surface area contributed by atoms with Crippen LogP contribution in [0.4, 0.5) is 0 Å². The smallest absolute Gasteiger partial charge is 0.235 e. The first kappa shape index (κ1) is 71.3. The lowest BCUT2D eigenvalue weighted by atomic mass is 9.96. The zero-order chi connectivity index (χ0) is 80.3. The van der Waals surface area contributed by atoms with E-state index in [9.17, 15) is 0 Å². The van der Waals surface area contributed by atoms with Crippen molar-refractivity contribution < 1.29 is 0 Å². The molecule has 0 radical (unpaired) electrons. The molecule has 24 rings (SSSR count). The largest absolute Gasteiger partial charge is 0.354 e. The van der Waals surface area contributed by atoms with Crippen molar-refractivity contribution in [1.82, 2.24) is 63.5 Å². The molecule has 9 heterocycles. The first-order valence-electron chi connectivity index (χ1n) is 40.2. The number of aromatic amines is 1. The molecule has 0 spiro atoms. The maximum Gasteiger partial charge on any atom is 0.235 e. The number of benzene rings is 15. The van der Waals surface area contributed by atoms with Crippen molar-refractivity contribution in [3.8, 4) is 108 Å². The summed E-state index contributed by atoms with van der Waals surface area (Å²) in [5.41, 5.74) is 22.2. The molecule has 0 bridgehead atoms. The first-order chi connectivity index (χ1) is 59.9. The Balaban J connectivity index is 0.000000121. The molecule has 0 fully saturated rings. The van der Waals surface area contributed by atoms with Crippen molar-refractivity contribution in [3.05, 3.63) is 412 Å². The second-order valence-corrected chi connectivity index (χ2v) is 30.2. The van der Waals surface area contributed by atoms with Gasteiger partial charge in [-0.2, -0.15) is 0 Å². The molecule has 121 heavy (non-hydrogen) atoms. The molecule has 24 aromatic rings. The number of H-pyrrole nitrogens is 1. The standard InChI is InChI=1S/C54H34N6.C30H20N4.C23H14ClN3/c1-3-15-37(16-4-1)47-34-50(57-53(55-47)39-17-5-2-6-18-39)59-33-32-45-48(59)31-30-43-42-21-10-12-25-49(42)60(52(43)45)54-56-46-24-11-9-22-44(46)51(58-54)38-28-26-36(27-29-38)41-23-13-19-35-14-7-8-20-40(35)41;1-3-9-20(10-4-1)26-19-28(33-30(32-26)21-11-5-2-6-12-21)34-18-17-24-27(34)16-15-23-22-13-7-8-14-25(22)31-29(23)24;24-23-26-20-8-4-3-7-19(20)22(27-23)17-11-9-16(10-12-17)21-18-6-2-1-5-15(18)13-14-25-21/h1-34H;1-19,31H;1-14H. The van der Waals surface area contributed by atoms with E-state index < -0.39 is 0 Å². The van der Waals surface area contributed by atoms with Crippen molar-refractivity contribution in [1.29, 1.82) is 0 Å². The SMILES string of the molecule is Clc1nc(-c2ccc(-c3nccc4ccccc34)cc2)c2ccccc2n1.c1ccc(-c2cc(-n3ccc4c3ccc3c5ccccc5n(-c5nc(-c6ccc(-c7cccc8ccccc78)cc6)c6ccccc6n5)c34)nc(-c3ccccc3)n2)cc1.c1ccc(-c2cc(-n3ccc4c5[nH]c6ccccc6c5ccc43)nc(-c3ccccc3)n2)cc1. The number of halogens is 1. The Labute approximate surface area is 699 Å². The fraction of sp³-hybridized carbons (Fsp3) is 0. The van der Waals surface area contributed by atoms with Crippen LogP contribution in [0.2, 0.25) is 5.28 Å². The van der Waals surface area contributed by atoms with Crippen LogP contribution in [0.25, 0.3) is 217 Å². The van der Waals surface area contributed by atoms with Crippen LogP contribution in [0.5, 0.6) is 0 Å². The number of fused-ring (bicyclic) bond motifs is 14. The fourth-order valence-electron chi connectivity index (χ4n) is 17.0. The van der Waals surface area contributed by atoms with Gasteiger partial charge in [0.15, 0.2) is 11.6 Å². The summed E-state index contributed by atoms with van der Waals surface area (Å²) in [6.45, 7) is 0. The lowest BCUT2D eigenvalue weighted by molar-refractivity contribution is 1.01.